The number of carbonyl (C=O) groups excluding carboxylic acids is 1. The largest absolute Gasteiger partial charge is 0.492 e. The number of nitrogens with one attached hydrogen (secondary N) is 1. The van der Waals surface area contributed by atoms with Crippen molar-refractivity contribution >= 4 is 11.6 Å². The van der Waals surface area contributed by atoms with Crippen molar-refractivity contribution in [2.45, 2.75) is 19.6 Å². The van der Waals surface area contributed by atoms with Gasteiger partial charge in [0.1, 0.15) is 12.3 Å². The summed E-state index contributed by atoms with van der Waals surface area (Å²) in [6.45, 7) is 1.59. The predicted molar refractivity (Wildman–Crippen MR) is 108 cm³/mol. The number of alkyl halides is 3. The minimum atomic E-state index is -4.56. The zero-order valence-corrected chi connectivity index (χ0v) is 16.3. The molecule has 1 aromatic heterocycles. The van der Waals surface area contributed by atoms with Crippen LogP contribution in [0, 0.1) is 0 Å². The first-order chi connectivity index (χ1) is 14.7. The number of para-hydroxylation sites is 2. The monoisotopic (exact) mass is 433 g/mol. The maximum atomic E-state index is 12.8. The fraction of sp³-hybridized carbons (Fsp3) is 0.190. The first kappa shape index (κ1) is 21.9. The van der Waals surface area contributed by atoms with Crippen LogP contribution in [0.1, 0.15) is 12.5 Å². The van der Waals surface area contributed by atoms with Crippen LogP contribution in [0.15, 0.2) is 70.5 Å². The van der Waals surface area contributed by atoms with Crippen molar-refractivity contribution in [2.75, 3.05) is 11.9 Å². The third-order valence-electron chi connectivity index (χ3n) is 4.27. The second-order valence-electron chi connectivity index (χ2n) is 6.43. The minimum absolute atomic E-state index is 0.0770. The molecule has 0 unspecified atom stereocenters. The summed E-state index contributed by atoms with van der Waals surface area (Å²) in [5, 5.41) is 2.29. The van der Waals surface area contributed by atoms with E-state index in [9.17, 15) is 27.6 Å². The first-order valence-electron chi connectivity index (χ1n) is 9.22. The second-order valence-corrected chi connectivity index (χ2v) is 6.43. The van der Waals surface area contributed by atoms with E-state index >= 15 is 0 Å². The van der Waals surface area contributed by atoms with Gasteiger partial charge in [0.25, 0.3) is 0 Å². The molecule has 3 rings (SSSR count). The van der Waals surface area contributed by atoms with Crippen LogP contribution in [0.25, 0.3) is 5.69 Å². The molecule has 10 heteroatoms. The van der Waals surface area contributed by atoms with Crippen molar-refractivity contribution < 1.29 is 22.7 Å². The van der Waals surface area contributed by atoms with Gasteiger partial charge in [-0.25, -0.2) is 0 Å². The number of nitrogens with zero attached hydrogens (tertiary/aromatic N) is 2. The third kappa shape index (κ3) is 5.03. The van der Waals surface area contributed by atoms with Crippen LogP contribution >= 0.6 is 0 Å². The molecule has 0 bridgehead atoms. The Morgan fingerprint density at radius 2 is 1.77 bits per heavy atom. The molecule has 162 valence electrons. The number of carbonyl (C=O) groups is 1. The van der Waals surface area contributed by atoms with Crippen LogP contribution in [0.2, 0.25) is 0 Å². The van der Waals surface area contributed by atoms with Crippen LogP contribution in [0.3, 0.4) is 0 Å². The molecule has 0 atom stereocenters. The van der Waals surface area contributed by atoms with Crippen molar-refractivity contribution in [3.05, 3.63) is 87.2 Å². The Bertz CT molecular complexity index is 1220. The number of hydrogen-bond donors (Lipinski definition) is 1. The summed E-state index contributed by atoms with van der Waals surface area (Å²) < 4.78 is 45.9. The fourth-order valence-electron chi connectivity index (χ4n) is 2.88. The molecule has 2 aromatic carbocycles. The van der Waals surface area contributed by atoms with Gasteiger partial charge in [0, 0.05) is 18.1 Å². The number of amides is 1. The van der Waals surface area contributed by atoms with Gasteiger partial charge in [-0.2, -0.15) is 13.2 Å². The first-order valence-corrected chi connectivity index (χ1v) is 9.22. The van der Waals surface area contributed by atoms with Crippen LogP contribution < -0.4 is 21.2 Å². The van der Waals surface area contributed by atoms with E-state index in [1.807, 2.05) is 0 Å². The van der Waals surface area contributed by atoms with Gasteiger partial charge in [0.15, 0.2) is 0 Å². The summed E-state index contributed by atoms with van der Waals surface area (Å²) in [5.41, 5.74) is -2.49. The van der Waals surface area contributed by atoms with E-state index in [2.05, 4.69) is 5.32 Å². The Balaban J connectivity index is 1.83. The average Bonchev–Trinajstić information content (AvgIpc) is 2.72. The average molecular weight is 433 g/mol. The zero-order valence-electron chi connectivity index (χ0n) is 16.3. The Labute approximate surface area is 174 Å². The molecule has 0 saturated carbocycles. The quantitative estimate of drug-likeness (QED) is 0.606. The van der Waals surface area contributed by atoms with Gasteiger partial charge in [-0.1, -0.05) is 18.2 Å². The van der Waals surface area contributed by atoms with Crippen molar-refractivity contribution in [1.29, 1.82) is 0 Å². The minimum Gasteiger partial charge on any atom is -0.492 e. The third-order valence-corrected chi connectivity index (χ3v) is 4.27. The van der Waals surface area contributed by atoms with Gasteiger partial charge in [-0.3, -0.25) is 23.5 Å². The normalized spacial score (nSPS) is 11.2. The summed E-state index contributed by atoms with van der Waals surface area (Å²) in [6, 6.07) is 10.8. The van der Waals surface area contributed by atoms with Crippen molar-refractivity contribution in [2.24, 2.45) is 0 Å². The number of ether oxygens (including phenoxy) is 1. The predicted octanol–water partition coefficient (Wildman–Crippen LogP) is 3.06. The van der Waals surface area contributed by atoms with Crippen molar-refractivity contribution in [3.63, 3.8) is 0 Å². The molecule has 0 aliphatic rings. The van der Waals surface area contributed by atoms with Crippen LogP contribution in [-0.2, 0) is 17.5 Å². The molecule has 1 amide bonds. The Hall–Kier alpha value is -3.82. The molecule has 0 fully saturated rings. The van der Waals surface area contributed by atoms with E-state index in [-0.39, 0.29) is 5.69 Å². The lowest BCUT2D eigenvalue weighted by Gasteiger charge is -2.13. The maximum absolute atomic E-state index is 12.8. The SMILES string of the molecule is CCOc1ccccc1-n1ccn(CC(=O)Nc2cccc(C(F)(F)F)c2)c(=O)c1=O. The molecule has 0 saturated heterocycles. The van der Waals surface area contributed by atoms with Crippen LogP contribution in [0.4, 0.5) is 18.9 Å². The molecular formula is C21H18F3N3O4. The summed E-state index contributed by atoms with van der Waals surface area (Å²) in [7, 11) is 0. The standard InChI is InChI=1S/C21H18F3N3O4/c1-2-31-17-9-4-3-8-16(17)27-11-10-26(19(29)20(27)30)13-18(28)25-15-7-5-6-14(12-15)21(22,23)24/h3-12H,2,13H2,1H3,(H,25,28). The fourth-order valence-corrected chi connectivity index (χ4v) is 2.88. The van der Waals surface area contributed by atoms with Gasteiger partial charge in [0.2, 0.25) is 5.91 Å². The van der Waals surface area contributed by atoms with E-state index in [0.717, 1.165) is 27.3 Å². The lowest BCUT2D eigenvalue weighted by Crippen LogP contribution is -2.41. The molecule has 0 aliphatic heterocycles. The number of halogens is 3. The topological polar surface area (TPSA) is 82.3 Å². The summed E-state index contributed by atoms with van der Waals surface area (Å²) in [4.78, 5) is 37.2. The van der Waals surface area contributed by atoms with Crippen molar-refractivity contribution in [3.8, 4) is 11.4 Å². The highest BCUT2D eigenvalue weighted by Gasteiger charge is 2.30. The highest BCUT2D eigenvalue weighted by atomic mass is 19.4. The number of rotatable bonds is 6. The molecule has 0 radical (unpaired) electrons. The highest BCUT2D eigenvalue weighted by Crippen LogP contribution is 2.30. The Morgan fingerprint density at radius 3 is 2.48 bits per heavy atom. The molecule has 7 nitrogen and oxygen atoms in total. The Kier molecular flexibility index (Phi) is 6.28. The number of hydrogen-bond acceptors (Lipinski definition) is 4. The van der Waals surface area contributed by atoms with Gasteiger partial charge < -0.3 is 10.1 Å². The molecule has 1 heterocycles. The smallest absolute Gasteiger partial charge is 0.416 e. The van der Waals surface area contributed by atoms with Gasteiger partial charge in [-0.15, -0.1) is 0 Å². The molecule has 0 aliphatic carbocycles. The van der Waals surface area contributed by atoms with Gasteiger partial charge in [0.05, 0.1) is 17.9 Å². The molecule has 0 spiro atoms. The van der Waals surface area contributed by atoms with E-state index in [1.165, 1.54) is 18.5 Å². The highest BCUT2D eigenvalue weighted by molar-refractivity contribution is 5.90. The van der Waals surface area contributed by atoms with E-state index in [1.54, 1.807) is 31.2 Å². The summed E-state index contributed by atoms with van der Waals surface area (Å²) in [6.07, 6.45) is -1.99. The van der Waals surface area contributed by atoms with E-state index in [4.69, 9.17) is 4.74 Å². The maximum Gasteiger partial charge on any atom is 0.416 e. The van der Waals surface area contributed by atoms with Gasteiger partial charge >= 0.3 is 17.3 Å². The molecule has 3 aromatic rings. The lowest BCUT2D eigenvalue weighted by molar-refractivity contribution is -0.137. The summed E-state index contributed by atoms with van der Waals surface area (Å²) in [5.74, 6) is -0.347. The molecular weight excluding hydrogens is 415 g/mol. The number of anilines is 1. The van der Waals surface area contributed by atoms with E-state index < -0.39 is 35.3 Å². The Morgan fingerprint density at radius 1 is 1.03 bits per heavy atom. The van der Waals surface area contributed by atoms with Crippen molar-refractivity contribution in [1.82, 2.24) is 9.13 Å². The number of aromatic nitrogens is 2. The lowest BCUT2D eigenvalue weighted by atomic mass is 10.2. The van der Waals surface area contributed by atoms with Crippen LogP contribution in [-0.4, -0.2) is 21.6 Å². The van der Waals surface area contributed by atoms with Gasteiger partial charge in [-0.05, 0) is 37.3 Å². The van der Waals surface area contributed by atoms with E-state index in [0.29, 0.717) is 18.0 Å². The van der Waals surface area contributed by atoms with Crippen LogP contribution in [0.5, 0.6) is 5.75 Å². The molecule has 31 heavy (non-hydrogen) atoms. The molecule has 1 N–H and O–H groups in total. The number of benzene rings is 2. The second kappa shape index (κ2) is 8.90. The summed E-state index contributed by atoms with van der Waals surface area (Å²) >= 11 is 0. The zero-order chi connectivity index (χ0) is 22.6.